The van der Waals surface area contributed by atoms with Crippen LogP contribution in [0.25, 0.3) is 0 Å². The number of hydrogen-bond donors (Lipinski definition) is 3. The topological polar surface area (TPSA) is 104 Å². The van der Waals surface area contributed by atoms with E-state index in [9.17, 15) is 18.0 Å². The fourth-order valence-electron chi connectivity index (χ4n) is 1.83. The van der Waals surface area contributed by atoms with E-state index in [1.165, 1.54) is 24.3 Å². The molecule has 126 valence electrons. The SMILES string of the molecule is CS(=O)(=O)c1ccc(C(=O)NNC(=O)CNc2ccccc2)cc1. The van der Waals surface area contributed by atoms with Crippen molar-refractivity contribution in [3.8, 4) is 0 Å². The Balaban J connectivity index is 1.83. The molecule has 2 amide bonds. The van der Waals surface area contributed by atoms with Crippen LogP contribution in [-0.2, 0) is 14.6 Å². The molecule has 0 saturated carbocycles. The zero-order chi connectivity index (χ0) is 17.6. The highest BCUT2D eigenvalue weighted by Gasteiger charge is 2.10. The van der Waals surface area contributed by atoms with Crippen molar-refractivity contribution < 1.29 is 18.0 Å². The van der Waals surface area contributed by atoms with Gasteiger partial charge in [0.2, 0.25) is 0 Å². The lowest BCUT2D eigenvalue weighted by Crippen LogP contribution is -2.44. The van der Waals surface area contributed by atoms with Gasteiger partial charge in [-0.1, -0.05) is 18.2 Å². The van der Waals surface area contributed by atoms with Crippen LogP contribution >= 0.6 is 0 Å². The van der Waals surface area contributed by atoms with Crippen molar-refractivity contribution in [3.05, 3.63) is 60.2 Å². The second-order valence-electron chi connectivity index (χ2n) is 5.02. The van der Waals surface area contributed by atoms with E-state index in [4.69, 9.17) is 0 Å². The normalized spacial score (nSPS) is 10.7. The van der Waals surface area contributed by atoms with Gasteiger partial charge >= 0.3 is 0 Å². The first kappa shape index (κ1) is 17.5. The summed E-state index contributed by atoms with van der Waals surface area (Å²) in [7, 11) is -3.31. The molecule has 2 rings (SSSR count). The second-order valence-corrected chi connectivity index (χ2v) is 7.03. The third-order valence-corrected chi connectivity index (χ3v) is 4.22. The Kier molecular flexibility index (Phi) is 5.54. The predicted octanol–water partition coefficient (Wildman–Crippen LogP) is 0.963. The Labute approximate surface area is 140 Å². The van der Waals surface area contributed by atoms with Gasteiger partial charge in [0, 0.05) is 17.5 Å². The van der Waals surface area contributed by atoms with Gasteiger partial charge < -0.3 is 5.32 Å². The van der Waals surface area contributed by atoms with Crippen molar-refractivity contribution in [3.63, 3.8) is 0 Å². The van der Waals surface area contributed by atoms with Crippen LogP contribution in [0.1, 0.15) is 10.4 Å². The molecule has 2 aromatic carbocycles. The zero-order valence-electron chi connectivity index (χ0n) is 12.9. The van der Waals surface area contributed by atoms with Crippen molar-refractivity contribution in [1.29, 1.82) is 0 Å². The van der Waals surface area contributed by atoms with E-state index < -0.39 is 21.7 Å². The van der Waals surface area contributed by atoms with Gasteiger partial charge in [0.25, 0.3) is 11.8 Å². The third-order valence-electron chi connectivity index (χ3n) is 3.09. The van der Waals surface area contributed by atoms with E-state index in [0.29, 0.717) is 0 Å². The zero-order valence-corrected chi connectivity index (χ0v) is 13.8. The number of sulfone groups is 1. The Hall–Kier alpha value is -2.87. The molecule has 0 heterocycles. The molecular weight excluding hydrogens is 330 g/mol. The van der Waals surface area contributed by atoms with Gasteiger partial charge in [-0.25, -0.2) is 8.42 Å². The number of hydrazine groups is 1. The maximum absolute atomic E-state index is 11.9. The molecule has 3 N–H and O–H groups in total. The molecule has 0 fully saturated rings. The lowest BCUT2D eigenvalue weighted by atomic mass is 10.2. The average Bonchev–Trinajstić information content (AvgIpc) is 2.58. The minimum Gasteiger partial charge on any atom is -0.376 e. The van der Waals surface area contributed by atoms with Crippen molar-refractivity contribution >= 4 is 27.3 Å². The van der Waals surface area contributed by atoms with E-state index >= 15 is 0 Å². The summed E-state index contributed by atoms with van der Waals surface area (Å²) in [6.07, 6.45) is 1.09. The summed E-state index contributed by atoms with van der Waals surface area (Å²) in [5.41, 5.74) is 5.56. The summed E-state index contributed by atoms with van der Waals surface area (Å²) in [5.74, 6) is -0.955. The number of rotatable bonds is 5. The lowest BCUT2D eigenvalue weighted by Gasteiger charge is -2.09. The number of nitrogens with one attached hydrogen (secondary N) is 3. The summed E-state index contributed by atoms with van der Waals surface area (Å²) >= 11 is 0. The van der Waals surface area contributed by atoms with Gasteiger partial charge in [-0.3, -0.25) is 20.4 Å². The van der Waals surface area contributed by atoms with Gasteiger partial charge in [-0.05, 0) is 36.4 Å². The number of amides is 2. The highest BCUT2D eigenvalue weighted by Crippen LogP contribution is 2.10. The number of benzene rings is 2. The standard InChI is InChI=1S/C16H17N3O4S/c1-24(22,23)14-9-7-12(8-10-14)16(21)19-18-15(20)11-17-13-5-3-2-4-6-13/h2-10,17H,11H2,1H3,(H,18,20)(H,19,21). The number of para-hydroxylation sites is 1. The predicted molar refractivity (Wildman–Crippen MR) is 90.1 cm³/mol. The molecule has 0 saturated heterocycles. The average molecular weight is 347 g/mol. The van der Waals surface area contributed by atoms with Crippen LogP contribution in [0.15, 0.2) is 59.5 Å². The summed E-state index contributed by atoms with van der Waals surface area (Å²) in [4.78, 5) is 23.7. The molecule has 0 radical (unpaired) electrons. The molecule has 7 nitrogen and oxygen atoms in total. The van der Waals surface area contributed by atoms with Crippen molar-refractivity contribution in [1.82, 2.24) is 10.9 Å². The van der Waals surface area contributed by atoms with Crippen LogP contribution < -0.4 is 16.2 Å². The van der Waals surface area contributed by atoms with E-state index in [1.807, 2.05) is 30.3 Å². The quantitative estimate of drug-likeness (QED) is 0.699. The lowest BCUT2D eigenvalue weighted by molar-refractivity contribution is -0.120. The summed E-state index contributed by atoms with van der Waals surface area (Å²) < 4.78 is 22.7. The molecule has 0 bridgehead atoms. The Morgan fingerprint density at radius 3 is 2.12 bits per heavy atom. The fraction of sp³-hybridized carbons (Fsp3) is 0.125. The van der Waals surface area contributed by atoms with Gasteiger partial charge in [-0.2, -0.15) is 0 Å². The number of carbonyl (C=O) groups excluding carboxylic acids is 2. The largest absolute Gasteiger partial charge is 0.376 e. The van der Waals surface area contributed by atoms with E-state index in [2.05, 4.69) is 16.2 Å². The van der Waals surface area contributed by atoms with Gasteiger partial charge in [-0.15, -0.1) is 0 Å². The number of hydrogen-bond acceptors (Lipinski definition) is 5. The fourth-order valence-corrected chi connectivity index (χ4v) is 2.47. The highest BCUT2D eigenvalue weighted by atomic mass is 32.2. The first-order valence-electron chi connectivity index (χ1n) is 7.04. The molecule has 0 aliphatic carbocycles. The first-order valence-corrected chi connectivity index (χ1v) is 8.93. The van der Waals surface area contributed by atoms with Crippen LogP contribution in [0, 0.1) is 0 Å². The summed E-state index contributed by atoms with van der Waals surface area (Å²) in [6.45, 7) is -0.00267. The Morgan fingerprint density at radius 2 is 1.54 bits per heavy atom. The first-order chi connectivity index (χ1) is 11.4. The van der Waals surface area contributed by atoms with Crippen molar-refractivity contribution in [2.24, 2.45) is 0 Å². The van der Waals surface area contributed by atoms with Gasteiger partial charge in [0.05, 0.1) is 11.4 Å². The molecule has 2 aromatic rings. The van der Waals surface area contributed by atoms with Crippen LogP contribution in [0.2, 0.25) is 0 Å². The summed E-state index contributed by atoms with van der Waals surface area (Å²) in [5, 5.41) is 2.90. The van der Waals surface area contributed by atoms with Gasteiger partial charge in [0.15, 0.2) is 9.84 Å². The molecule has 8 heteroatoms. The maximum Gasteiger partial charge on any atom is 0.269 e. The van der Waals surface area contributed by atoms with E-state index in [1.54, 1.807) is 0 Å². The minimum atomic E-state index is -3.31. The minimum absolute atomic E-state index is 0.00267. The monoisotopic (exact) mass is 347 g/mol. The van der Waals surface area contributed by atoms with Crippen LogP contribution in [0.3, 0.4) is 0 Å². The van der Waals surface area contributed by atoms with Crippen molar-refractivity contribution in [2.75, 3.05) is 18.1 Å². The van der Waals surface area contributed by atoms with Crippen molar-refractivity contribution in [2.45, 2.75) is 4.90 Å². The third kappa shape index (κ3) is 5.10. The molecule has 0 aliphatic heterocycles. The smallest absolute Gasteiger partial charge is 0.269 e. The maximum atomic E-state index is 11.9. The van der Waals surface area contributed by atoms with E-state index in [0.717, 1.165) is 11.9 Å². The number of carbonyl (C=O) groups is 2. The van der Waals surface area contributed by atoms with Crippen LogP contribution in [-0.4, -0.2) is 33.0 Å². The Morgan fingerprint density at radius 1 is 0.917 bits per heavy atom. The summed E-state index contributed by atoms with van der Waals surface area (Å²) in [6, 6.07) is 14.6. The Bertz CT molecular complexity index is 818. The van der Waals surface area contributed by atoms with Crippen LogP contribution in [0.4, 0.5) is 5.69 Å². The molecule has 0 aromatic heterocycles. The van der Waals surface area contributed by atoms with Crippen LogP contribution in [0.5, 0.6) is 0 Å². The molecule has 0 spiro atoms. The van der Waals surface area contributed by atoms with E-state index in [-0.39, 0.29) is 17.0 Å². The second kappa shape index (κ2) is 7.60. The molecule has 0 aliphatic rings. The molecule has 0 atom stereocenters. The molecule has 24 heavy (non-hydrogen) atoms. The highest BCUT2D eigenvalue weighted by molar-refractivity contribution is 7.90. The molecule has 0 unspecified atom stereocenters. The van der Waals surface area contributed by atoms with Gasteiger partial charge in [0.1, 0.15) is 0 Å². The number of anilines is 1. The molecular formula is C16H17N3O4S.